The second-order valence-corrected chi connectivity index (χ2v) is 7.42. The zero-order chi connectivity index (χ0) is 22.8. The van der Waals surface area contributed by atoms with Crippen LogP contribution in [0.15, 0.2) is 65.6 Å². The number of amides is 2. The van der Waals surface area contributed by atoms with Crippen LogP contribution in [0.2, 0.25) is 0 Å². The number of aryl methyl sites for hydroxylation is 2. The Morgan fingerprint density at radius 2 is 1.78 bits per heavy atom. The number of nitrogens with zero attached hydrogens (tertiary/aromatic N) is 3. The maximum absolute atomic E-state index is 13.7. The largest absolute Gasteiger partial charge is 0.350 e. The van der Waals surface area contributed by atoms with Crippen molar-refractivity contribution in [3.8, 4) is 0 Å². The summed E-state index contributed by atoms with van der Waals surface area (Å²) in [5.41, 5.74) is 2.36. The van der Waals surface area contributed by atoms with E-state index in [1.807, 2.05) is 25.1 Å². The van der Waals surface area contributed by atoms with Crippen molar-refractivity contribution in [1.29, 1.82) is 0 Å². The lowest BCUT2D eigenvalue weighted by molar-refractivity contribution is -0.117. The number of carbonyl (C=O) groups is 2. The smallest absolute Gasteiger partial charge is 0.324 e. The van der Waals surface area contributed by atoms with Crippen molar-refractivity contribution in [3.63, 3.8) is 0 Å². The molecule has 0 spiro atoms. The summed E-state index contributed by atoms with van der Waals surface area (Å²) in [6.45, 7) is 3.18. The average molecular weight is 433 g/mol. The normalized spacial score (nSPS) is 10.8. The van der Waals surface area contributed by atoms with Gasteiger partial charge in [0.15, 0.2) is 5.65 Å². The predicted molar refractivity (Wildman–Crippen MR) is 118 cm³/mol. The Kier molecular flexibility index (Phi) is 5.55. The lowest BCUT2D eigenvalue weighted by Crippen LogP contribution is -2.28. The van der Waals surface area contributed by atoms with E-state index in [9.17, 15) is 18.8 Å². The van der Waals surface area contributed by atoms with Crippen molar-refractivity contribution in [2.75, 3.05) is 10.6 Å². The number of hydrogen-bond donors (Lipinski definition) is 2. The van der Waals surface area contributed by atoms with Crippen molar-refractivity contribution < 1.29 is 14.0 Å². The molecule has 2 heterocycles. The topological polar surface area (TPSA) is 97.5 Å². The second-order valence-electron chi connectivity index (χ2n) is 7.42. The Labute approximate surface area is 182 Å². The molecule has 4 aromatic rings. The Morgan fingerprint density at radius 3 is 2.53 bits per heavy atom. The molecule has 0 unspecified atom stereocenters. The molecule has 2 amide bonds. The van der Waals surface area contributed by atoms with Gasteiger partial charge in [0.1, 0.15) is 12.4 Å². The van der Waals surface area contributed by atoms with Crippen molar-refractivity contribution in [1.82, 2.24) is 14.2 Å². The van der Waals surface area contributed by atoms with Crippen LogP contribution in [-0.2, 0) is 11.3 Å². The molecule has 0 aliphatic carbocycles. The van der Waals surface area contributed by atoms with E-state index in [1.165, 1.54) is 22.7 Å². The molecule has 0 saturated carbocycles. The van der Waals surface area contributed by atoms with Gasteiger partial charge in [0.2, 0.25) is 5.91 Å². The van der Waals surface area contributed by atoms with Gasteiger partial charge in [0, 0.05) is 17.6 Å². The SMILES string of the molecule is Cc1cccc(NC(=O)c2ccc3nn(CC(=O)Nc4ccc(C)c(F)c4)c(=O)n3c2)c1. The lowest BCUT2D eigenvalue weighted by atomic mass is 10.2. The molecule has 0 aliphatic rings. The van der Waals surface area contributed by atoms with Gasteiger partial charge < -0.3 is 10.6 Å². The van der Waals surface area contributed by atoms with E-state index >= 15 is 0 Å². The Bertz CT molecular complexity index is 1410. The van der Waals surface area contributed by atoms with Crippen LogP contribution in [0.3, 0.4) is 0 Å². The number of fused-ring (bicyclic) bond motifs is 1. The quantitative estimate of drug-likeness (QED) is 0.505. The first-order valence-corrected chi connectivity index (χ1v) is 9.83. The van der Waals surface area contributed by atoms with Crippen LogP contribution in [0.1, 0.15) is 21.5 Å². The number of carbonyl (C=O) groups excluding carboxylic acids is 2. The highest BCUT2D eigenvalue weighted by molar-refractivity contribution is 6.04. The van der Waals surface area contributed by atoms with Gasteiger partial charge in [-0.15, -0.1) is 5.10 Å². The first kappa shape index (κ1) is 21.0. The van der Waals surface area contributed by atoms with Crippen LogP contribution in [0.25, 0.3) is 5.65 Å². The van der Waals surface area contributed by atoms with E-state index in [4.69, 9.17) is 0 Å². The summed E-state index contributed by atoms with van der Waals surface area (Å²) in [6, 6.07) is 14.7. The van der Waals surface area contributed by atoms with Crippen molar-refractivity contribution in [2.24, 2.45) is 0 Å². The van der Waals surface area contributed by atoms with Crippen LogP contribution in [-0.4, -0.2) is 26.0 Å². The number of halogens is 1. The lowest BCUT2D eigenvalue weighted by Gasteiger charge is -2.06. The first-order valence-electron chi connectivity index (χ1n) is 9.83. The molecule has 0 atom stereocenters. The Morgan fingerprint density at radius 1 is 1.00 bits per heavy atom. The van der Waals surface area contributed by atoms with Gasteiger partial charge in [0.25, 0.3) is 5.91 Å². The van der Waals surface area contributed by atoms with E-state index in [0.29, 0.717) is 11.3 Å². The fourth-order valence-electron chi connectivity index (χ4n) is 3.19. The maximum Gasteiger partial charge on any atom is 0.350 e. The van der Waals surface area contributed by atoms with Crippen LogP contribution in [0.5, 0.6) is 0 Å². The highest BCUT2D eigenvalue weighted by Crippen LogP contribution is 2.14. The Balaban J connectivity index is 1.52. The third-order valence-corrected chi connectivity index (χ3v) is 4.86. The van der Waals surface area contributed by atoms with Gasteiger partial charge in [-0.2, -0.15) is 0 Å². The minimum absolute atomic E-state index is 0.264. The molecule has 4 rings (SSSR count). The number of nitrogens with one attached hydrogen (secondary N) is 2. The number of pyridine rings is 1. The molecular weight excluding hydrogens is 413 g/mol. The van der Waals surface area contributed by atoms with E-state index in [2.05, 4.69) is 15.7 Å². The number of rotatable bonds is 5. The monoisotopic (exact) mass is 433 g/mol. The first-order chi connectivity index (χ1) is 15.3. The van der Waals surface area contributed by atoms with Gasteiger partial charge in [0.05, 0.1) is 5.56 Å². The third kappa shape index (κ3) is 4.41. The average Bonchev–Trinajstić information content (AvgIpc) is 3.05. The molecule has 2 aromatic carbocycles. The van der Waals surface area contributed by atoms with Gasteiger partial charge in [-0.25, -0.2) is 18.3 Å². The summed E-state index contributed by atoms with van der Waals surface area (Å²) < 4.78 is 15.8. The molecule has 8 nitrogen and oxygen atoms in total. The van der Waals surface area contributed by atoms with E-state index in [-0.39, 0.29) is 29.3 Å². The van der Waals surface area contributed by atoms with Crippen LogP contribution < -0.4 is 16.3 Å². The fraction of sp³-hybridized carbons (Fsp3) is 0.130. The van der Waals surface area contributed by atoms with Crippen LogP contribution >= 0.6 is 0 Å². The van der Waals surface area contributed by atoms with Crippen molar-refractivity contribution >= 4 is 28.8 Å². The minimum atomic E-state index is -0.574. The van der Waals surface area contributed by atoms with Gasteiger partial charge in [-0.05, 0) is 61.4 Å². The molecule has 9 heteroatoms. The highest BCUT2D eigenvalue weighted by Gasteiger charge is 2.14. The summed E-state index contributed by atoms with van der Waals surface area (Å²) in [7, 11) is 0. The Hall–Kier alpha value is -4.27. The molecular formula is C23H20FN5O3. The minimum Gasteiger partial charge on any atom is -0.324 e. The second kappa shape index (κ2) is 8.46. The molecule has 0 bridgehead atoms. The van der Waals surface area contributed by atoms with Gasteiger partial charge >= 0.3 is 5.69 Å². The number of anilines is 2. The number of benzene rings is 2. The molecule has 2 N–H and O–H groups in total. The predicted octanol–water partition coefficient (Wildman–Crippen LogP) is 3.14. The number of aromatic nitrogens is 3. The molecule has 0 saturated heterocycles. The molecule has 0 aliphatic heterocycles. The van der Waals surface area contributed by atoms with Gasteiger partial charge in [-0.3, -0.25) is 9.59 Å². The summed E-state index contributed by atoms with van der Waals surface area (Å²) in [5, 5.41) is 9.44. The molecule has 2 aromatic heterocycles. The summed E-state index contributed by atoms with van der Waals surface area (Å²) in [5.74, 6) is -1.35. The zero-order valence-electron chi connectivity index (χ0n) is 17.4. The maximum atomic E-state index is 13.7. The molecule has 0 fully saturated rings. The van der Waals surface area contributed by atoms with Crippen LogP contribution in [0, 0.1) is 19.7 Å². The van der Waals surface area contributed by atoms with E-state index < -0.39 is 17.4 Å². The highest BCUT2D eigenvalue weighted by atomic mass is 19.1. The van der Waals surface area contributed by atoms with Crippen molar-refractivity contribution in [3.05, 3.63) is 93.8 Å². The van der Waals surface area contributed by atoms with Crippen molar-refractivity contribution in [2.45, 2.75) is 20.4 Å². The van der Waals surface area contributed by atoms with E-state index in [0.717, 1.165) is 10.2 Å². The molecule has 32 heavy (non-hydrogen) atoms. The summed E-state index contributed by atoms with van der Waals surface area (Å²) >= 11 is 0. The number of hydrogen-bond acceptors (Lipinski definition) is 4. The van der Waals surface area contributed by atoms with Gasteiger partial charge in [-0.1, -0.05) is 18.2 Å². The summed E-state index contributed by atoms with van der Waals surface area (Å²) in [4.78, 5) is 37.6. The van der Waals surface area contributed by atoms with Crippen LogP contribution in [0.4, 0.5) is 15.8 Å². The summed E-state index contributed by atoms with van der Waals surface area (Å²) in [6.07, 6.45) is 1.37. The molecule has 162 valence electrons. The van der Waals surface area contributed by atoms with E-state index in [1.54, 1.807) is 31.2 Å². The standard InChI is InChI=1S/C23H20FN5O3/c1-14-4-3-5-17(10-14)26-22(31)16-7-9-20-27-29(23(32)28(20)12-16)13-21(30)25-18-8-6-15(2)19(24)11-18/h3-12H,13H2,1-2H3,(H,25,30)(H,26,31). The third-order valence-electron chi connectivity index (χ3n) is 4.86. The zero-order valence-corrected chi connectivity index (χ0v) is 17.4. The molecule has 0 radical (unpaired) electrons. The fourth-order valence-corrected chi connectivity index (χ4v) is 3.19.